The van der Waals surface area contributed by atoms with Gasteiger partial charge in [-0.15, -0.1) is 0 Å². The van der Waals surface area contributed by atoms with Crippen molar-refractivity contribution in [3.05, 3.63) is 23.4 Å². The van der Waals surface area contributed by atoms with E-state index >= 15 is 0 Å². The number of aliphatic carboxylic acids is 1. The first kappa shape index (κ1) is 9.75. The quantitative estimate of drug-likeness (QED) is 0.474. The Morgan fingerprint density at radius 1 is 1.55 bits per heavy atom. The Balaban J connectivity index is 4.67. The van der Waals surface area contributed by atoms with E-state index in [-0.39, 0.29) is 5.70 Å². The number of likely N-dealkylation sites (N-methyl/N-ethyl adjacent to an activating group) is 1. The Bertz CT molecular complexity index is 204. The minimum Gasteiger partial charge on any atom is -0.477 e. The van der Waals surface area contributed by atoms with E-state index in [0.717, 1.165) is 5.57 Å². The molecule has 0 unspecified atom stereocenters. The largest absolute Gasteiger partial charge is 0.477 e. The summed E-state index contributed by atoms with van der Waals surface area (Å²) in [5.41, 5.74) is 0.964. The molecule has 0 rings (SSSR count). The van der Waals surface area contributed by atoms with Crippen molar-refractivity contribution in [1.82, 2.24) is 5.32 Å². The number of carbonyl (C=O) groups is 1. The highest BCUT2D eigenvalue weighted by Gasteiger charge is 2.05. The molecule has 0 saturated heterocycles. The predicted octanol–water partition coefficient (Wildman–Crippen LogP) is 1.14. The molecule has 0 radical (unpaired) electrons. The van der Waals surface area contributed by atoms with Crippen molar-refractivity contribution in [2.45, 2.75) is 13.8 Å². The third-order valence-electron chi connectivity index (χ3n) is 1.27. The van der Waals surface area contributed by atoms with Crippen molar-refractivity contribution in [1.29, 1.82) is 0 Å². The molecule has 3 heteroatoms. The van der Waals surface area contributed by atoms with E-state index in [1.807, 2.05) is 6.92 Å². The molecule has 0 bridgehead atoms. The fraction of sp³-hybridized carbons (Fsp3) is 0.375. The Morgan fingerprint density at radius 2 is 2.09 bits per heavy atom. The molecule has 0 aliphatic carbocycles. The van der Waals surface area contributed by atoms with E-state index in [4.69, 9.17) is 5.11 Å². The third kappa shape index (κ3) is 2.89. The molecule has 0 amide bonds. The highest BCUT2D eigenvalue weighted by atomic mass is 16.4. The van der Waals surface area contributed by atoms with Gasteiger partial charge in [0.25, 0.3) is 0 Å². The Hall–Kier alpha value is -1.25. The first-order valence-corrected chi connectivity index (χ1v) is 3.38. The summed E-state index contributed by atoms with van der Waals surface area (Å²) in [4.78, 5) is 10.5. The molecule has 0 spiro atoms. The number of rotatable bonds is 3. The monoisotopic (exact) mass is 155 g/mol. The zero-order valence-corrected chi connectivity index (χ0v) is 7.01. The van der Waals surface area contributed by atoms with Gasteiger partial charge in [-0.05, 0) is 19.4 Å². The van der Waals surface area contributed by atoms with Gasteiger partial charge in [-0.3, -0.25) is 0 Å². The maximum Gasteiger partial charge on any atom is 0.352 e. The Morgan fingerprint density at radius 3 is 2.36 bits per heavy atom. The van der Waals surface area contributed by atoms with Gasteiger partial charge in [-0.25, -0.2) is 4.79 Å². The predicted molar refractivity (Wildman–Crippen MR) is 44.2 cm³/mol. The normalized spacial score (nSPS) is 13.0. The minimum atomic E-state index is -0.928. The second-order valence-electron chi connectivity index (χ2n) is 2.11. The maximum atomic E-state index is 10.5. The van der Waals surface area contributed by atoms with Crippen molar-refractivity contribution < 1.29 is 9.90 Å². The van der Waals surface area contributed by atoms with Crippen molar-refractivity contribution in [3.8, 4) is 0 Å². The van der Waals surface area contributed by atoms with E-state index in [0.29, 0.717) is 0 Å². The van der Waals surface area contributed by atoms with E-state index in [1.54, 1.807) is 26.1 Å². The summed E-state index contributed by atoms with van der Waals surface area (Å²) in [5, 5.41) is 11.2. The van der Waals surface area contributed by atoms with Crippen LogP contribution in [0.25, 0.3) is 0 Å². The van der Waals surface area contributed by atoms with Crippen LogP contribution in [0.2, 0.25) is 0 Å². The lowest BCUT2D eigenvalue weighted by atomic mass is 10.2. The molecule has 0 heterocycles. The summed E-state index contributed by atoms with van der Waals surface area (Å²) in [6.07, 6.45) is 3.55. The van der Waals surface area contributed by atoms with Crippen LogP contribution in [0.1, 0.15) is 13.8 Å². The average molecular weight is 155 g/mol. The highest BCUT2D eigenvalue weighted by molar-refractivity contribution is 5.87. The maximum absolute atomic E-state index is 10.5. The van der Waals surface area contributed by atoms with E-state index < -0.39 is 5.97 Å². The molecule has 0 aliphatic heterocycles. The molecule has 0 aromatic rings. The summed E-state index contributed by atoms with van der Waals surface area (Å²) in [5.74, 6) is -0.928. The number of hydrogen-bond donors (Lipinski definition) is 2. The molecule has 0 fully saturated rings. The van der Waals surface area contributed by atoms with Crippen molar-refractivity contribution in [3.63, 3.8) is 0 Å². The lowest BCUT2D eigenvalue weighted by Gasteiger charge is -2.02. The van der Waals surface area contributed by atoms with Gasteiger partial charge >= 0.3 is 5.97 Å². The molecule has 0 saturated carbocycles. The summed E-state index contributed by atoms with van der Waals surface area (Å²) in [6, 6.07) is 0. The summed E-state index contributed by atoms with van der Waals surface area (Å²) in [7, 11) is 1.59. The van der Waals surface area contributed by atoms with Gasteiger partial charge in [0.05, 0.1) is 0 Å². The lowest BCUT2D eigenvalue weighted by molar-refractivity contribution is -0.133. The van der Waals surface area contributed by atoms with Crippen LogP contribution in [0.15, 0.2) is 23.4 Å². The minimum absolute atomic E-state index is 0.239. The van der Waals surface area contributed by atoms with Gasteiger partial charge in [0.2, 0.25) is 0 Å². The third-order valence-corrected chi connectivity index (χ3v) is 1.27. The SMILES string of the molecule is C/C=C\C(C)=C(/NC)C(=O)O. The zero-order valence-electron chi connectivity index (χ0n) is 7.01. The second-order valence-corrected chi connectivity index (χ2v) is 2.11. The molecular formula is C8H13NO2. The van der Waals surface area contributed by atoms with Crippen LogP contribution in [0.5, 0.6) is 0 Å². The summed E-state index contributed by atoms with van der Waals surface area (Å²) >= 11 is 0. The van der Waals surface area contributed by atoms with Crippen LogP contribution >= 0.6 is 0 Å². The molecule has 0 aliphatic rings. The Labute approximate surface area is 66.4 Å². The standard InChI is InChI=1S/C8H13NO2/c1-4-5-6(2)7(9-3)8(10)11/h4-5,9H,1-3H3,(H,10,11)/b5-4-,7-6-. The van der Waals surface area contributed by atoms with Crippen LogP contribution in [-0.4, -0.2) is 18.1 Å². The van der Waals surface area contributed by atoms with Crippen molar-refractivity contribution >= 4 is 5.97 Å². The molecule has 0 aromatic heterocycles. The molecule has 2 N–H and O–H groups in total. The number of carboxylic acids is 1. The number of carboxylic acid groups (broad SMARTS) is 1. The van der Waals surface area contributed by atoms with Gasteiger partial charge in [-0.1, -0.05) is 12.2 Å². The number of nitrogens with one attached hydrogen (secondary N) is 1. The fourth-order valence-electron chi connectivity index (χ4n) is 0.806. The van der Waals surface area contributed by atoms with Crippen LogP contribution in [-0.2, 0) is 4.79 Å². The lowest BCUT2D eigenvalue weighted by Crippen LogP contribution is -2.16. The molecule has 0 atom stereocenters. The van der Waals surface area contributed by atoms with Crippen LogP contribution < -0.4 is 5.32 Å². The smallest absolute Gasteiger partial charge is 0.352 e. The fourth-order valence-corrected chi connectivity index (χ4v) is 0.806. The molecule has 11 heavy (non-hydrogen) atoms. The Kier molecular flexibility index (Phi) is 4.03. The van der Waals surface area contributed by atoms with E-state index in [9.17, 15) is 4.79 Å². The zero-order chi connectivity index (χ0) is 8.85. The number of hydrogen-bond acceptors (Lipinski definition) is 2. The van der Waals surface area contributed by atoms with E-state index in [2.05, 4.69) is 5.32 Å². The first-order chi connectivity index (χ1) is 5.13. The van der Waals surface area contributed by atoms with Crippen LogP contribution in [0, 0.1) is 0 Å². The van der Waals surface area contributed by atoms with Gasteiger partial charge in [0, 0.05) is 7.05 Å². The second kappa shape index (κ2) is 4.55. The molecule has 62 valence electrons. The van der Waals surface area contributed by atoms with Crippen molar-refractivity contribution in [2.75, 3.05) is 7.05 Å². The van der Waals surface area contributed by atoms with Gasteiger partial charge < -0.3 is 10.4 Å². The molecular weight excluding hydrogens is 142 g/mol. The van der Waals surface area contributed by atoms with Crippen molar-refractivity contribution in [2.24, 2.45) is 0 Å². The summed E-state index contributed by atoms with van der Waals surface area (Å²) in [6.45, 7) is 3.60. The van der Waals surface area contributed by atoms with E-state index in [1.165, 1.54) is 0 Å². The van der Waals surface area contributed by atoms with Gasteiger partial charge in [-0.2, -0.15) is 0 Å². The van der Waals surface area contributed by atoms with Crippen LogP contribution in [0.3, 0.4) is 0 Å². The van der Waals surface area contributed by atoms with Gasteiger partial charge in [0.1, 0.15) is 5.70 Å². The molecule has 3 nitrogen and oxygen atoms in total. The summed E-state index contributed by atoms with van der Waals surface area (Å²) < 4.78 is 0. The topological polar surface area (TPSA) is 49.3 Å². The van der Waals surface area contributed by atoms with Crippen LogP contribution in [0.4, 0.5) is 0 Å². The van der Waals surface area contributed by atoms with Gasteiger partial charge in [0.15, 0.2) is 0 Å². The average Bonchev–Trinajstić information content (AvgIpc) is 1.88. The first-order valence-electron chi connectivity index (χ1n) is 3.38. The molecule has 0 aromatic carbocycles. The number of allylic oxidation sites excluding steroid dienone is 3. The highest BCUT2D eigenvalue weighted by Crippen LogP contribution is 2.01.